The Balaban J connectivity index is 1.65. The molecule has 1 unspecified atom stereocenters. The average molecular weight is 311 g/mol. The number of amides is 1. The predicted octanol–water partition coefficient (Wildman–Crippen LogP) is 4.43. The van der Waals surface area contributed by atoms with E-state index >= 15 is 0 Å². The Bertz CT molecular complexity index is 680. The first-order valence-electron chi connectivity index (χ1n) is 8.24. The maximum absolute atomic E-state index is 13.1. The Morgan fingerprint density at radius 2 is 2.00 bits per heavy atom. The van der Waals surface area contributed by atoms with E-state index in [1.165, 1.54) is 23.3 Å². The molecular weight excluding hydrogens is 289 g/mol. The van der Waals surface area contributed by atoms with Crippen molar-refractivity contribution in [2.75, 3.05) is 6.54 Å². The van der Waals surface area contributed by atoms with E-state index in [2.05, 4.69) is 25.1 Å². The van der Waals surface area contributed by atoms with E-state index in [9.17, 15) is 9.18 Å². The molecule has 1 atom stereocenters. The Kier molecular flexibility index (Phi) is 4.75. The zero-order valence-electron chi connectivity index (χ0n) is 13.5. The van der Waals surface area contributed by atoms with Gasteiger partial charge >= 0.3 is 0 Å². The summed E-state index contributed by atoms with van der Waals surface area (Å²) in [6.45, 7) is 2.87. The number of benzene rings is 2. The third-order valence-corrected chi connectivity index (χ3v) is 4.54. The lowest BCUT2D eigenvalue weighted by molar-refractivity contribution is -0.132. The van der Waals surface area contributed by atoms with Crippen molar-refractivity contribution in [1.82, 2.24) is 4.90 Å². The summed E-state index contributed by atoms with van der Waals surface area (Å²) < 4.78 is 13.1. The lowest BCUT2D eigenvalue weighted by atomic mass is 10.0. The van der Waals surface area contributed by atoms with Gasteiger partial charge in [-0.25, -0.2) is 4.39 Å². The zero-order valence-corrected chi connectivity index (χ0v) is 13.5. The molecule has 0 saturated carbocycles. The summed E-state index contributed by atoms with van der Waals surface area (Å²) in [6, 6.07) is 14.9. The van der Waals surface area contributed by atoms with Crippen LogP contribution in [0.3, 0.4) is 0 Å². The summed E-state index contributed by atoms with van der Waals surface area (Å²) in [5, 5.41) is 0. The lowest BCUT2D eigenvalue weighted by Gasteiger charge is -2.25. The number of nitrogens with zero attached hydrogens (tertiary/aromatic N) is 1. The van der Waals surface area contributed by atoms with Crippen molar-refractivity contribution in [1.29, 1.82) is 0 Å². The van der Waals surface area contributed by atoms with Crippen molar-refractivity contribution in [3.63, 3.8) is 0 Å². The van der Waals surface area contributed by atoms with Gasteiger partial charge in [0.05, 0.1) is 6.04 Å². The molecule has 0 radical (unpaired) electrons. The van der Waals surface area contributed by atoms with Crippen LogP contribution in [0.4, 0.5) is 4.39 Å². The number of carbonyl (C=O) groups is 1. The van der Waals surface area contributed by atoms with Gasteiger partial charge in [-0.3, -0.25) is 4.79 Å². The molecule has 2 nitrogen and oxygen atoms in total. The minimum Gasteiger partial charge on any atom is -0.336 e. The highest BCUT2D eigenvalue weighted by Crippen LogP contribution is 2.32. The molecule has 1 saturated heterocycles. The van der Waals surface area contributed by atoms with Crippen molar-refractivity contribution in [2.45, 2.75) is 38.6 Å². The molecule has 2 aromatic carbocycles. The maximum atomic E-state index is 13.1. The second-order valence-electron chi connectivity index (χ2n) is 6.29. The third kappa shape index (κ3) is 3.79. The van der Waals surface area contributed by atoms with Gasteiger partial charge in [-0.2, -0.15) is 0 Å². The molecule has 1 aliphatic heterocycles. The highest BCUT2D eigenvalue weighted by molar-refractivity contribution is 5.77. The largest absolute Gasteiger partial charge is 0.336 e. The summed E-state index contributed by atoms with van der Waals surface area (Å²) in [7, 11) is 0. The Hall–Kier alpha value is -2.16. The fourth-order valence-corrected chi connectivity index (χ4v) is 3.36. The molecule has 3 heteroatoms. The van der Waals surface area contributed by atoms with Crippen molar-refractivity contribution >= 4 is 5.91 Å². The zero-order chi connectivity index (χ0) is 16.2. The molecule has 1 fully saturated rings. The molecule has 1 heterocycles. The van der Waals surface area contributed by atoms with Crippen LogP contribution in [0.15, 0.2) is 48.5 Å². The SMILES string of the molecule is Cc1cccc(CCC(=O)N2CCCC2c2ccc(F)cc2)c1. The van der Waals surface area contributed by atoms with Crippen LogP contribution in [0.2, 0.25) is 0 Å². The maximum Gasteiger partial charge on any atom is 0.223 e. The van der Waals surface area contributed by atoms with Crippen LogP contribution in [0.5, 0.6) is 0 Å². The standard InChI is InChI=1S/C20H22FNO/c1-15-4-2-5-16(14-15)7-12-20(23)22-13-3-6-19(22)17-8-10-18(21)11-9-17/h2,4-5,8-11,14,19H,3,6-7,12-13H2,1H3. The molecule has 0 N–H and O–H groups in total. The normalized spacial score (nSPS) is 17.5. The van der Waals surface area contributed by atoms with Gasteiger partial charge in [-0.15, -0.1) is 0 Å². The van der Waals surface area contributed by atoms with E-state index in [-0.39, 0.29) is 17.8 Å². The third-order valence-electron chi connectivity index (χ3n) is 4.54. The van der Waals surface area contributed by atoms with E-state index < -0.39 is 0 Å². The number of aryl methyl sites for hydroxylation is 2. The summed E-state index contributed by atoms with van der Waals surface area (Å²) >= 11 is 0. The van der Waals surface area contributed by atoms with Gasteiger partial charge in [0.25, 0.3) is 0 Å². The van der Waals surface area contributed by atoms with Gasteiger partial charge in [-0.1, -0.05) is 42.0 Å². The molecule has 2 aromatic rings. The number of halogens is 1. The van der Waals surface area contributed by atoms with E-state index in [1.807, 2.05) is 11.0 Å². The summed E-state index contributed by atoms with van der Waals surface area (Å²) in [4.78, 5) is 14.6. The first-order valence-corrected chi connectivity index (χ1v) is 8.24. The molecule has 0 spiro atoms. The van der Waals surface area contributed by atoms with E-state index in [4.69, 9.17) is 0 Å². The quantitative estimate of drug-likeness (QED) is 0.818. The Morgan fingerprint density at radius 1 is 1.22 bits per heavy atom. The van der Waals surface area contributed by atoms with Crippen molar-refractivity contribution in [3.05, 3.63) is 71.0 Å². The van der Waals surface area contributed by atoms with Gasteiger partial charge in [0.15, 0.2) is 0 Å². The van der Waals surface area contributed by atoms with Gasteiger partial charge in [-0.05, 0) is 49.4 Å². The lowest BCUT2D eigenvalue weighted by Crippen LogP contribution is -2.30. The van der Waals surface area contributed by atoms with E-state index in [1.54, 1.807) is 12.1 Å². The van der Waals surface area contributed by atoms with Crippen LogP contribution < -0.4 is 0 Å². The number of rotatable bonds is 4. The van der Waals surface area contributed by atoms with Gasteiger partial charge in [0, 0.05) is 13.0 Å². The van der Waals surface area contributed by atoms with Crippen molar-refractivity contribution < 1.29 is 9.18 Å². The average Bonchev–Trinajstić information content (AvgIpc) is 3.03. The topological polar surface area (TPSA) is 20.3 Å². The fraction of sp³-hybridized carbons (Fsp3) is 0.350. The molecule has 0 aliphatic carbocycles. The van der Waals surface area contributed by atoms with Crippen molar-refractivity contribution in [3.8, 4) is 0 Å². The van der Waals surface area contributed by atoms with Crippen molar-refractivity contribution in [2.24, 2.45) is 0 Å². The van der Waals surface area contributed by atoms with Crippen LogP contribution in [0, 0.1) is 12.7 Å². The summed E-state index contributed by atoms with van der Waals surface area (Å²) in [6.07, 6.45) is 3.27. The molecule has 120 valence electrons. The highest BCUT2D eigenvalue weighted by atomic mass is 19.1. The minimum absolute atomic E-state index is 0.0978. The first-order chi connectivity index (χ1) is 11.1. The van der Waals surface area contributed by atoms with E-state index in [0.717, 1.165) is 31.4 Å². The van der Waals surface area contributed by atoms with Gasteiger partial charge < -0.3 is 4.90 Å². The fourth-order valence-electron chi connectivity index (χ4n) is 3.36. The van der Waals surface area contributed by atoms with Crippen LogP contribution in [0.25, 0.3) is 0 Å². The van der Waals surface area contributed by atoms with Crippen LogP contribution in [-0.4, -0.2) is 17.4 Å². The molecular formula is C20H22FNO. The second-order valence-corrected chi connectivity index (χ2v) is 6.29. The van der Waals surface area contributed by atoms with E-state index in [0.29, 0.717) is 6.42 Å². The predicted molar refractivity (Wildman–Crippen MR) is 89.6 cm³/mol. The summed E-state index contributed by atoms with van der Waals surface area (Å²) in [5.41, 5.74) is 3.46. The molecule has 0 bridgehead atoms. The monoisotopic (exact) mass is 311 g/mol. The number of likely N-dealkylation sites (tertiary alicyclic amines) is 1. The molecule has 23 heavy (non-hydrogen) atoms. The van der Waals surface area contributed by atoms with Crippen LogP contribution in [0.1, 0.15) is 42.0 Å². The second kappa shape index (κ2) is 6.95. The minimum atomic E-state index is -0.232. The molecule has 1 aliphatic rings. The van der Waals surface area contributed by atoms with Crippen LogP contribution in [-0.2, 0) is 11.2 Å². The molecule has 1 amide bonds. The number of hydrogen-bond acceptors (Lipinski definition) is 1. The first kappa shape index (κ1) is 15.7. The van der Waals surface area contributed by atoms with Crippen LogP contribution >= 0.6 is 0 Å². The Morgan fingerprint density at radius 3 is 2.74 bits per heavy atom. The van der Waals surface area contributed by atoms with Gasteiger partial charge in [0.1, 0.15) is 5.82 Å². The van der Waals surface area contributed by atoms with Gasteiger partial charge in [0.2, 0.25) is 5.91 Å². The smallest absolute Gasteiger partial charge is 0.223 e. The Labute approximate surface area is 136 Å². The number of carbonyl (C=O) groups excluding carboxylic acids is 1. The molecule has 3 rings (SSSR count). The number of hydrogen-bond donors (Lipinski definition) is 0. The summed E-state index contributed by atoms with van der Waals surface area (Å²) in [5.74, 6) is -0.0394. The highest BCUT2D eigenvalue weighted by Gasteiger charge is 2.29. The molecule has 0 aromatic heterocycles.